The highest BCUT2D eigenvalue weighted by molar-refractivity contribution is 9.10. The number of anilines is 1. The zero-order valence-corrected chi connectivity index (χ0v) is 13.8. The van der Waals surface area contributed by atoms with Crippen molar-refractivity contribution in [2.24, 2.45) is 5.92 Å². The van der Waals surface area contributed by atoms with Gasteiger partial charge < -0.3 is 5.32 Å². The van der Waals surface area contributed by atoms with Crippen LogP contribution in [0.25, 0.3) is 0 Å². The second-order valence-corrected chi connectivity index (χ2v) is 6.57. The van der Waals surface area contributed by atoms with Crippen molar-refractivity contribution in [3.05, 3.63) is 63.6 Å². The van der Waals surface area contributed by atoms with E-state index in [1.54, 1.807) is 0 Å². The van der Waals surface area contributed by atoms with Crippen LogP contribution >= 0.6 is 15.9 Å². The summed E-state index contributed by atoms with van der Waals surface area (Å²) in [6, 6.07) is 14.3. The SMILES string of the molecule is Cc1cc(NC(=O)C2CC2c2ccccc2)cc(C)c1Br. The van der Waals surface area contributed by atoms with Gasteiger partial charge in [0, 0.05) is 16.1 Å². The Morgan fingerprint density at radius 1 is 1.14 bits per heavy atom. The van der Waals surface area contributed by atoms with Gasteiger partial charge in [-0.1, -0.05) is 46.3 Å². The lowest BCUT2D eigenvalue weighted by molar-refractivity contribution is -0.117. The van der Waals surface area contributed by atoms with Crippen LogP contribution in [0.4, 0.5) is 5.69 Å². The largest absolute Gasteiger partial charge is 0.326 e. The average Bonchev–Trinajstić information content (AvgIpc) is 3.26. The first-order valence-electron chi connectivity index (χ1n) is 7.19. The predicted octanol–water partition coefficient (Wildman–Crippen LogP) is 4.81. The van der Waals surface area contributed by atoms with Gasteiger partial charge in [0.1, 0.15) is 0 Å². The van der Waals surface area contributed by atoms with Crippen molar-refractivity contribution >= 4 is 27.5 Å². The highest BCUT2D eigenvalue weighted by Gasteiger charge is 2.43. The molecule has 2 atom stereocenters. The molecule has 2 unspecified atom stereocenters. The van der Waals surface area contributed by atoms with Crippen LogP contribution in [0.3, 0.4) is 0 Å². The molecule has 0 aromatic heterocycles. The zero-order valence-electron chi connectivity index (χ0n) is 12.2. The van der Waals surface area contributed by atoms with Gasteiger partial charge in [-0.3, -0.25) is 4.79 Å². The van der Waals surface area contributed by atoms with Crippen molar-refractivity contribution in [3.8, 4) is 0 Å². The summed E-state index contributed by atoms with van der Waals surface area (Å²) in [7, 11) is 0. The van der Waals surface area contributed by atoms with E-state index in [1.807, 2.05) is 44.2 Å². The molecule has 0 radical (unpaired) electrons. The summed E-state index contributed by atoms with van der Waals surface area (Å²) in [5.41, 5.74) is 4.43. The van der Waals surface area contributed by atoms with E-state index in [-0.39, 0.29) is 11.8 Å². The lowest BCUT2D eigenvalue weighted by Gasteiger charge is -2.09. The molecule has 1 saturated carbocycles. The van der Waals surface area contributed by atoms with Gasteiger partial charge in [-0.15, -0.1) is 0 Å². The van der Waals surface area contributed by atoms with Crippen LogP contribution in [0.2, 0.25) is 0 Å². The van der Waals surface area contributed by atoms with Gasteiger partial charge in [0.25, 0.3) is 0 Å². The van der Waals surface area contributed by atoms with Crippen molar-refractivity contribution < 1.29 is 4.79 Å². The number of carbonyl (C=O) groups is 1. The zero-order chi connectivity index (χ0) is 15.0. The molecule has 1 aliphatic rings. The number of hydrogen-bond donors (Lipinski definition) is 1. The number of benzene rings is 2. The molecule has 2 aromatic rings. The fourth-order valence-electron chi connectivity index (χ4n) is 2.81. The number of nitrogens with one attached hydrogen (secondary N) is 1. The van der Waals surface area contributed by atoms with Crippen LogP contribution in [0.15, 0.2) is 46.9 Å². The maximum atomic E-state index is 12.3. The highest BCUT2D eigenvalue weighted by Crippen LogP contribution is 2.47. The first-order valence-corrected chi connectivity index (χ1v) is 7.98. The summed E-state index contributed by atoms with van der Waals surface area (Å²) in [6.07, 6.45) is 0.949. The van der Waals surface area contributed by atoms with Crippen LogP contribution in [0.5, 0.6) is 0 Å². The fourth-order valence-corrected chi connectivity index (χ4v) is 3.04. The smallest absolute Gasteiger partial charge is 0.228 e. The molecule has 2 nitrogen and oxygen atoms in total. The minimum atomic E-state index is 0.108. The van der Waals surface area contributed by atoms with Crippen LogP contribution < -0.4 is 5.32 Å². The number of amides is 1. The molecule has 0 spiro atoms. The molecule has 0 aliphatic heterocycles. The summed E-state index contributed by atoms with van der Waals surface area (Å²) in [4.78, 5) is 12.3. The lowest BCUT2D eigenvalue weighted by atomic mass is 10.1. The van der Waals surface area contributed by atoms with Gasteiger partial charge in [0.2, 0.25) is 5.91 Å². The van der Waals surface area contributed by atoms with Crippen molar-refractivity contribution in [3.63, 3.8) is 0 Å². The van der Waals surface area contributed by atoms with Crippen molar-refractivity contribution in [2.75, 3.05) is 5.32 Å². The van der Waals surface area contributed by atoms with E-state index >= 15 is 0 Å². The Hall–Kier alpha value is -1.61. The molecule has 0 heterocycles. The lowest BCUT2D eigenvalue weighted by Crippen LogP contribution is -2.14. The number of aryl methyl sites for hydroxylation is 2. The molecule has 1 fully saturated rings. The van der Waals surface area contributed by atoms with E-state index in [2.05, 4.69) is 33.4 Å². The molecular weight excluding hydrogens is 326 g/mol. The van der Waals surface area contributed by atoms with Gasteiger partial charge >= 0.3 is 0 Å². The minimum Gasteiger partial charge on any atom is -0.326 e. The highest BCUT2D eigenvalue weighted by atomic mass is 79.9. The number of hydrogen-bond acceptors (Lipinski definition) is 1. The topological polar surface area (TPSA) is 29.1 Å². The van der Waals surface area contributed by atoms with Gasteiger partial charge in [0.15, 0.2) is 0 Å². The second-order valence-electron chi connectivity index (χ2n) is 5.77. The Morgan fingerprint density at radius 3 is 2.38 bits per heavy atom. The van der Waals surface area contributed by atoms with Crippen LogP contribution in [0, 0.1) is 19.8 Å². The quantitative estimate of drug-likeness (QED) is 0.851. The van der Waals surface area contributed by atoms with Crippen molar-refractivity contribution in [1.29, 1.82) is 0 Å². The van der Waals surface area contributed by atoms with Crippen LogP contribution in [-0.4, -0.2) is 5.91 Å². The standard InChI is InChI=1S/C18H18BrNO/c1-11-8-14(9-12(2)17(11)19)20-18(21)16-10-15(16)13-6-4-3-5-7-13/h3-9,15-16H,10H2,1-2H3,(H,20,21). The van der Waals surface area contributed by atoms with E-state index in [9.17, 15) is 4.79 Å². The summed E-state index contributed by atoms with van der Waals surface area (Å²) < 4.78 is 1.11. The molecule has 21 heavy (non-hydrogen) atoms. The number of halogens is 1. The first kappa shape index (κ1) is 14.3. The van der Waals surface area contributed by atoms with E-state index < -0.39 is 0 Å². The summed E-state index contributed by atoms with van der Waals surface area (Å²) >= 11 is 3.55. The third-order valence-corrected chi connectivity index (χ3v) is 5.31. The molecule has 1 N–H and O–H groups in total. The Kier molecular flexibility index (Phi) is 3.85. The Morgan fingerprint density at radius 2 is 1.76 bits per heavy atom. The minimum absolute atomic E-state index is 0.108. The first-order chi connectivity index (χ1) is 10.1. The average molecular weight is 344 g/mol. The van der Waals surface area contributed by atoms with E-state index in [0.29, 0.717) is 5.92 Å². The van der Waals surface area contributed by atoms with Gasteiger partial charge in [-0.25, -0.2) is 0 Å². The van der Waals surface area contributed by atoms with Crippen molar-refractivity contribution in [1.82, 2.24) is 0 Å². The maximum Gasteiger partial charge on any atom is 0.228 e. The van der Waals surface area contributed by atoms with Crippen molar-refractivity contribution in [2.45, 2.75) is 26.2 Å². The molecular formula is C18H18BrNO. The Bertz CT molecular complexity index is 658. The fraction of sp³-hybridized carbons (Fsp3) is 0.278. The van der Waals surface area contributed by atoms with Crippen LogP contribution in [-0.2, 0) is 4.79 Å². The summed E-state index contributed by atoms with van der Waals surface area (Å²) in [5.74, 6) is 0.616. The molecule has 3 heteroatoms. The van der Waals surface area contributed by atoms with Crippen LogP contribution in [0.1, 0.15) is 29.0 Å². The molecule has 0 saturated heterocycles. The normalized spacial score (nSPS) is 20.1. The van der Waals surface area contributed by atoms with E-state index in [0.717, 1.165) is 27.7 Å². The summed E-state index contributed by atoms with van der Waals surface area (Å²) in [6.45, 7) is 4.08. The maximum absolute atomic E-state index is 12.3. The summed E-state index contributed by atoms with van der Waals surface area (Å²) in [5, 5.41) is 3.05. The molecule has 0 bridgehead atoms. The number of carbonyl (C=O) groups excluding carboxylic acids is 1. The molecule has 1 aliphatic carbocycles. The molecule has 1 amide bonds. The Balaban J connectivity index is 1.69. The molecule has 2 aromatic carbocycles. The van der Waals surface area contributed by atoms with Gasteiger partial charge in [0.05, 0.1) is 0 Å². The number of rotatable bonds is 3. The van der Waals surface area contributed by atoms with E-state index in [4.69, 9.17) is 0 Å². The third-order valence-electron chi connectivity index (χ3n) is 4.06. The van der Waals surface area contributed by atoms with E-state index in [1.165, 1.54) is 5.56 Å². The Labute approximate surface area is 133 Å². The molecule has 108 valence electrons. The monoisotopic (exact) mass is 343 g/mol. The van der Waals surface area contributed by atoms with Gasteiger partial charge in [-0.2, -0.15) is 0 Å². The predicted molar refractivity (Wildman–Crippen MR) is 89.5 cm³/mol. The third kappa shape index (κ3) is 3.03. The van der Waals surface area contributed by atoms with Gasteiger partial charge in [-0.05, 0) is 55.0 Å². The second kappa shape index (κ2) is 5.64. The molecule has 3 rings (SSSR count).